The molecule has 0 aromatic carbocycles. The minimum absolute atomic E-state index is 0.135. The minimum atomic E-state index is -6.09. The van der Waals surface area contributed by atoms with E-state index in [-0.39, 0.29) is 35.6 Å². The van der Waals surface area contributed by atoms with Crippen molar-refractivity contribution in [2.75, 3.05) is 46.6 Å². The summed E-state index contributed by atoms with van der Waals surface area (Å²) >= 11 is -0.135. The predicted molar refractivity (Wildman–Crippen MR) is 117 cm³/mol. The van der Waals surface area contributed by atoms with Gasteiger partial charge in [0, 0.05) is 28.4 Å². The summed E-state index contributed by atoms with van der Waals surface area (Å²) in [7, 11) is 0.554. The third kappa shape index (κ3) is 11.4. The Bertz CT molecular complexity index is 600. The molecular weight excluding hydrogens is 496 g/mol. The van der Waals surface area contributed by atoms with Gasteiger partial charge in [-0.25, -0.2) is 8.42 Å². The summed E-state index contributed by atoms with van der Waals surface area (Å²) in [5.41, 5.74) is -5.65. The molecule has 9 nitrogen and oxygen atoms in total. The zero-order chi connectivity index (χ0) is 25.7. The topological polar surface area (TPSA) is 113 Å². The van der Waals surface area contributed by atoms with E-state index in [2.05, 4.69) is 13.8 Å². The molecule has 0 spiro atoms. The molecule has 1 saturated heterocycles. The monoisotopic (exact) mass is 533 g/mol. The van der Waals surface area contributed by atoms with Gasteiger partial charge in [0.2, 0.25) is 6.29 Å². The molecule has 1 aliphatic heterocycles. The van der Waals surface area contributed by atoms with Gasteiger partial charge in [0.05, 0.1) is 6.61 Å². The van der Waals surface area contributed by atoms with Gasteiger partial charge in [-0.2, -0.15) is 13.2 Å². The van der Waals surface area contributed by atoms with Crippen molar-refractivity contribution >= 4 is 21.3 Å². The summed E-state index contributed by atoms with van der Waals surface area (Å²) in [6.45, 7) is 4.83. The van der Waals surface area contributed by atoms with Crippen LogP contribution in [0.25, 0.3) is 0 Å². The maximum Gasteiger partial charge on any atom is 0.485 e. The van der Waals surface area contributed by atoms with E-state index in [1.165, 1.54) is 0 Å². The van der Waals surface area contributed by atoms with E-state index >= 15 is 0 Å². The molecule has 14 heteroatoms. The van der Waals surface area contributed by atoms with Crippen LogP contribution >= 0.6 is 0 Å². The largest absolute Gasteiger partial charge is 0.741 e. The SMILES string of the molecule is CCCC[S+](CCCC)[18O][13C@H]1O[C@H](COC)[C@@H](OC)[C@H](OC)[C@@H]1OC.O=S(=O)([O-])C(F)(F)F. The van der Waals surface area contributed by atoms with Gasteiger partial charge in [0.15, 0.2) is 21.3 Å². The Balaban J connectivity index is 0.00000109. The highest BCUT2D eigenvalue weighted by atomic mass is 32.2. The van der Waals surface area contributed by atoms with Crippen LogP contribution in [0.15, 0.2) is 0 Å². The molecule has 0 saturated carbocycles. The third-order valence-corrected chi connectivity index (χ3v) is 7.22. The van der Waals surface area contributed by atoms with Crippen molar-refractivity contribution in [3.05, 3.63) is 0 Å². The molecule has 0 aromatic rings. The van der Waals surface area contributed by atoms with Crippen LogP contribution in [0.1, 0.15) is 39.5 Å². The lowest BCUT2D eigenvalue weighted by molar-refractivity contribution is -0.290. The molecule has 1 fully saturated rings. The Morgan fingerprint density at radius 1 is 0.939 bits per heavy atom. The fourth-order valence-corrected chi connectivity index (χ4v) is 5.04. The van der Waals surface area contributed by atoms with Crippen LogP contribution < -0.4 is 0 Å². The van der Waals surface area contributed by atoms with E-state index in [9.17, 15) is 13.2 Å². The summed E-state index contributed by atoms with van der Waals surface area (Å²) in [6, 6.07) is 0. The average molecular weight is 534 g/mol. The highest BCUT2D eigenvalue weighted by Gasteiger charge is 2.50. The van der Waals surface area contributed by atoms with Gasteiger partial charge in [-0.1, -0.05) is 26.7 Å². The van der Waals surface area contributed by atoms with Crippen LogP contribution in [0, 0.1) is 0 Å². The third-order valence-electron chi connectivity index (χ3n) is 4.70. The summed E-state index contributed by atoms with van der Waals surface area (Å²) in [5, 5.41) is 0. The quantitative estimate of drug-likeness (QED) is 0.116. The minimum Gasteiger partial charge on any atom is -0.741 e. The Hall–Kier alpha value is -0.190. The van der Waals surface area contributed by atoms with Gasteiger partial charge < -0.3 is 28.2 Å². The first-order valence-electron chi connectivity index (χ1n) is 10.5. The van der Waals surface area contributed by atoms with Crippen LogP contribution in [0.5, 0.6) is 0 Å². The second-order valence-electron chi connectivity index (χ2n) is 7.15. The Labute approximate surface area is 197 Å². The molecule has 1 rings (SSSR count). The second-order valence-corrected chi connectivity index (χ2v) is 10.4. The van der Waals surface area contributed by atoms with E-state index in [1.807, 2.05) is 0 Å². The Kier molecular flexibility index (Phi) is 16.4. The van der Waals surface area contributed by atoms with Crippen LogP contribution in [-0.2, 0) is 49.2 Å². The highest BCUT2D eigenvalue weighted by molar-refractivity contribution is 7.92. The fraction of sp³-hybridized carbons (Fsp3) is 1.00. The Morgan fingerprint density at radius 2 is 1.39 bits per heavy atom. The molecule has 0 unspecified atom stereocenters. The first-order chi connectivity index (χ1) is 15.4. The molecule has 1 heterocycles. The lowest BCUT2D eigenvalue weighted by Gasteiger charge is -2.43. The summed E-state index contributed by atoms with van der Waals surface area (Å²) < 4.78 is 93.8. The van der Waals surface area contributed by atoms with Crippen LogP contribution in [0.4, 0.5) is 13.2 Å². The van der Waals surface area contributed by atoms with E-state index in [0.717, 1.165) is 37.2 Å². The number of methoxy groups -OCH3 is 4. The highest BCUT2D eigenvalue weighted by Crippen LogP contribution is 2.29. The molecule has 0 bridgehead atoms. The first-order valence-corrected chi connectivity index (χ1v) is 13.4. The molecule has 5 atom stereocenters. The number of halogens is 3. The Morgan fingerprint density at radius 3 is 1.73 bits per heavy atom. The molecule has 1 aliphatic rings. The van der Waals surface area contributed by atoms with E-state index in [1.54, 1.807) is 28.4 Å². The normalized spacial score (nSPS) is 26.2. The standard InChI is InChI=1S/C18H37O6S.CHF3O3S/c1-7-9-11-25(12-10-8-2)24-18-17(22-6)16(21-5)15(20-4)14(23-18)13-19-3;2-1(3,4)8(5,6)7/h14-18H,7-13H2,1-6H3;(H,5,6,7)/q+1;/p-1/t14-,15-,16+,17+,18-;/m1./s1/i18+1,24+2;. The van der Waals surface area contributed by atoms with Crippen molar-refractivity contribution in [2.24, 2.45) is 0 Å². The second kappa shape index (κ2) is 16.5. The van der Waals surface area contributed by atoms with Crippen molar-refractivity contribution in [1.82, 2.24) is 0 Å². The molecule has 33 heavy (non-hydrogen) atoms. The number of ether oxygens (including phenoxy) is 5. The number of hydrogen-bond acceptors (Lipinski definition) is 9. The van der Waals surface area contributed by atoms with Crippen LogP contribution in [0.3, 0.4) is 0 Å². The van der Waals surface area contributed by atoms with Crippen molar-refractivity contribution in [3.63, 3.8) is 0 Å². The first kappa shape index (κ1) is 32.8. The van der Waals surface area contributed by atoms with Crippen molar-refractivity contribution in [3.8, 4) is 0 Å². The smallest absolute Gasteiger partial charge is 0.485 e. The van der Waals surface area contributed by atoms with Crippen LogP contribution in [0.2, 0.25) is 0 Å². The number of hydrogen-bond donors (Lipinski definition) is 0. The summed E-state index contributed by atoms with van der Waals surface area (Å²) in [4.78, 5) is 0. The predicted octanol–water partition coefficient (Wildman–Crippen LogP) is 2.60. The van der Waals surface area contributed by atoms with Crippen molar-refractivity contribution < 1.29 is 54.0 Å². The molecule has 0 aromatic heterocycles. The molecular formula is C19H37F3O9S2. The van der Waals surface area contributed by atoms with Gasteiger partial charge in [0.25, 0.3) is 0 Å². The number of alkyl halides is 3. The lowest BCUT2D eigenvalue weighted by atomic mass is 10.0. The van der Waals surface area contributed by atoms with Gasteiger partial charge >= 0.3 is 5.51 Å². The lowest BCUT2D eigenvalue weighted by Crippen LogP contribution is -2.61. The van der Waals surface area contributed by atoms with Crippen molar-refractivity contribution in [2.45, 2.75) is 75.7 Å². The molecule has 0 aliphatic carbocycles. The maximum absolute atomic E-state index is 10.7. The van der Waals surface area contributed by atoms with Gasteiger partial charge in [-0.3, -0.25) is 0 Å². The number of unbranched alkanes of at least 4 members (excludes halogenated alkanes) is 2. The van der Waals surface area contributed by atoms with Gasteiger partial charge in [-0.15, -0.1) is 4.18 Å². The number of rotatable bonds is 13. The summed E-state index contributed by atoms with van der Waals surface area (Å²) in [5.74, 6) is 2.13. The zero-order valence-electron chi connectivity index (χ0n) is 20.0. The van der Waals surface area contributed by atoms with E-state index < -0.39 is 21.9 Å². The summed E-state index contributed by atoms with van der Waals surface area (Å²) in [6.07, 6.45) is 3.06. The van der Waals surface area contributed by atoms with Gasteiger partial charge in [-0.05, 0) is 12.8 Å². The van der Waals surface area contributed by atoms with Gasteiger partial charge in [0.1, 0.15) is 35.9 Å². The van der Waals surface area contributed by atoms with E-state index in [0.29, 0.717) is 6.61 Å². The van der Waals surface area contributed by atoms with E-state index in [4.69, 9.17) is 40.8 Å². The molecule has 200 valence electrons. The fourth-order valence-electron chi connectivity index (χ4n) is 3.00. The van der Waals surface area contributed by atoms with Crippen molar-refractivity contribution in [1.29, 1.82) is 0 Å². The molecule has 0 radical (unpaired) electrons. The maximum atomic E-state index is 10.7. The molecule has 0 N–H and O–H groups in total. The molecule has 0 amide bonds. The average Bonchev–Trinajstić information content (AvgIpc) is 2.74. The van der Waals surface area contributed by atoms with Crippen LogP contribution in [-0.4, -0.2) is 95.7 Å². The zero-order valence-corrected chi connectivity index (χ0v) is 21.6.